The molecule has 0 radical (unpaired) electrons. The summed E-state index contributed by atoms with van der Waals surface area (Å²) in [6.07, 6.45) is 7.19. The Morgan fingerprint density at radius 2 is 2.13 bits per heavy atom. The first-order chi connectivity index (χ1) is 15.2. The van der Waals surface area contributed by atoms with Crippen LogP contribution in [0.3, 0.4) is 0 Å². The molecule has 1 saturated carbocycles. The Bertz CT molecular complexity index is 1230. The number of nitrogens with zero attached hydrogens (tertiary/aromatic N) is 5. The van der Waals surface area contributed by atoms with Crippen molar-refractivity contribution < 1.29 is 4.79 Å². The van der Waals surface area contributed by atoms with E-state index < -0.39 is 0 Å². The van der Waals surface area contributed by atoms with E-state index in [0.29, 0.717) is 29.9 Å². The van der Waals surface area contributed by atoms with Gasteiger partial charge in [0, 0.05) is 24.3 Å². The SMILES string of the molecule is NNc1ncc(-c2cnn(CC(=O)NC3CC3)c2)nc1NCc1ccc2ncsc2c1. The number of hydrogen-bond acceptors (Lipinski definition) is 9. The summed E-state index contributed by atoms with van der Waals surface area (Å²) in [7, 11) is 0. The second-order valence-corrected chi connectivity index (χ2v) is 8.26. The van der Waals surface area contributed by atoms with Gasteiger partial charge >= 0.3 is 0 Å². The highest BCUT2D eigenvalue weighted by atomic mass is 32.1. The lowest BCUT2D eigenvalue weighted by Crippen LogP contribution is -2.29. The van der Waals surface area contributed by atoms with E-state index in [-0.39, 0.29) is 12.5 Å². The van der Waals surface area contributed by atoms with Crippen LogP contribution >= 0.6 is 11.3 Å². The van der Waals surface area contributed by atoms with Gasteiger partial charge in [-0.15, -0.1) is 11.3 Å². The molecule has 5 rings (SSSR count). The van der Waals surface area contributed by atoms with Crippen molar-refractivity contribution in [3.05, 3.63) is 47.9 Å². The monoisotopic (exact) mass is 435 g/mol. The summed E-state index contributed by atoms with van der Waals surface area (Å²) in [6, 6.07) is 6.46. The zero-order chi connectivity index (χ0) is 21.2. The van der Waals surface area contributed by atoms with Crippen molar-refractivity contribution in [2.75, 3.05) is 10.7 Å². The summed E-state index contributed by atoms with van der Waals surface area (Å²) < 4.78 is 2.73. The Morgan fingerprint density at radius 1 is 1.23 bits per heavy atom. The van der Waals surface area contributed by atoms with Crippen molar-refractivity contribution in [2.24, 2.45) is 5.84 Å². The molecule has 10 nitrogen and oxygen atoms in total. The highest BCUT2D eigenvalue weighted by molar-refractivity contribution is 7.16. The minimum atomic E-state index is -0.0359. The van der Waals surface area contributed by atoms with Gasteiger partial charge in [-0.05, 0) is 30.5 Å². The molecule has 1 aliphatic rings. The smallest absolute Gasteiger partial charge is 0.241 e. The molecule has 31 heavy (non-hydrogen) atoms. The van der Waals surface area contributed by atoms with Gasteiger partial charge in [-0.25, -0.2) is 20.8 Å². The number of hydrogen-bond donors (Lipinski definition) is 4. The normalized spacial score (nSPS) is 13.3. The number of nitrogen functional groups attached to an aromatic ring is 1. The molecular formula is C20H21N9OS. The van der Waals surface area contributed by atoms with E-state index in [1.807, 2.05) is 17.6 Å². The van der Waals surface area contributed by atoms with E-state index in [0.717, 1.165) is 34.2 Å². The second kappa shape index (κ2) is 8.28. The molecule has 1 aromatic carbocycles. The number of nitrogens with one attached hydrogen (secondary N) is 3. The largest absolute Gasteiger partial charge is 0.363 e. The lowest BCUT2D eigenvalue weighted by atomic mass is 10.2. The van der Waals surface area contributed by atoms with Gasteiger partial charge < -0.3 is 16.1 Å². The average Bonchev–Trinajstić information content (AvgIpc) is 3.26. The first-order valence-electron chi connectivity index (χ1n) is 9.90. The number of carbonyl (C=O) groups excluding carboxylic acids is 1. The van der Waals surface area contributed by atoms with Crippen LogP contribution in [0.4, 0.5) is 11.6 Å². The lowest BCUT2D eigenvalue weighted by molar-refractivity contribution is -0.122. The summed E-state index contributed by atoms with van der Waals surface area (Å²) >= 11 is 1.61. The lowest BCUT2D eigenvalue weighted by Gasteiger charge is -2.11. The van der Waals surface area contributed by atoms with Crippen molar-refractivity contribution in [3.63, 3.8) is 0 Å². The van der Waals surface area contributed by atoms with Crippen molar-refractivity contribution in [2.45, 2.75) is 32.0 Å². The summed E-state index contributed by atoms with van der Waals surface area (Å²) in [5.74, 6) is 6.55. The number of hydrazine groups is 1. The van der Waals surface area contributed by atoms with Crippen molar-refractivity contribution in [1.29, 1.82) is 0 Å². The highest BCUT2D eigenvalue weighted by Gasteiger charge is 2.23. The third kappa shape index (κ3) is 4.47. The molecule has 1 aliphatic carbocycles. The molecule has 0 bridgehead atoms. The van der Waals surface area contributed by atoms with Crippen LogP contribution in [0.1, 0.15) is 18.4 Å². The van der Waals surface area contributed by atoms with Crippen LogP contribution in [0, 0.1) is 0 Å². The van der Waals surface area contributed by atoms with Gasteiger partial charge in [0.15, 0.2) is 11.6 Å². The maximum Gasteiger partial charge on any atom is 0.241 e. The maximum atomic E-state index is 12.0. The fraction of sp³-hybridized carbons (Fsp3) is 0.250. The fourth-order valence-electron chi connectivity index (χ4n) is 3.18. The fourth-order valence-corrected chi connectivity index (χ4v) is 3.92. The van der Waals surface area contributed by atoms with Crippen LogP contribution < -0.4 is 21.9 Å². The second-order valence-electron chi connectivity index (χ2n) is 7.37. The van der Waals surface area contributed by atoms with Crippen LogP contribution in [-0.2, 0) is 17.9 Å². The number of thiazole rings is 1. The Balaban J connectivity index is 1.31. The van der Waals surface area contributed by atoms with Gasteiger partial charge in [0.25, 0.3) is 0 Å². The average molecular weight is 436 g/mol. The Labute approximate surface area is 181 Å². The van der Waals surface area contributed by atoms with Crippen molar-refractivity contribution >= 4 is 39.1 Å². The molecule has 5 N–H and O–H groups in total. The molecular weight excluding hydrogens is 414 g/mol. The molecule has 158 valence electrons. The summed E-state index contributed by atoms with van der Waals surface area (Å²) in [6.45, 7) is 0.735. The quantitative estimate of drug-likeness (QED) is 0.244. The van der Waals surface area contributed by atoms with Crippen molar-refractivity contribution in [3.8, 4) is 11.3 Å². The maximum absolute atomic E-state index is 12.0. The van der Waals surface area contributed by atoms with E-state index in [1.165, 1.54) is 0 Å². The van der Waals surface area contributed by atoms with Crippen molar-refractivity contribution in [1.82, 2.24) is 30.0 Å². The number of carbonyl (C=O) groups is 1. The molecule has 4 aromatic rings. The number of amides is 1. The molecule has 3 heterocycles. The van der Waals surface area contributed by atoms with Crippen LogP contribution in [0.15, 0.2) is 42.3 Å². The van der Waals surface area contributed by atoms with Crippen LogP contribution in [0.2, 0.25) is 0 Å². The third-order valence-corrected chi connectivity index (χ3v) is 5.73. The topological polar surface area (TPSA) is 136 Å². The minimum Gasteiger partial charge on any atom is -0.363 e. The number of aromatic nitrogens is 5. The molecule has 0 atom stereocenters. The van der Waals surface area contributed by atoms with Gasteiger partial charge in [0.05, 0.1) is 33.8 Å². The van der Waals surface area contributed by atoms with E-state index >= 15 is 0 Å². The van der Waals surface area contributed by atoms with Gasteiger partial charge in [-0.1, -0.05) is 6.07 Å². The van der Waals surface area contributed by atoms with Gasteiger partial charge in [-0.3, -0.25) is 9.48 Å². The summed E-state index contributed by atoms with van der Waals surface area (Å²) in [4.78, 5) is 25.3. The standard InChI is InChI=1S/C20H21N9OS/c21-28-20-19(22-6-12-1-4-15-17(5-12)31-11-24-15)27-16(8-23-20)13-7-25-29(9-13)10-18(30)26-14-2-3-14/h1,4-5,7-9,11,14H,2-3,6,10,21H2,(H,22,27)(H,23,28)(H,26,30). The number of benzene rings is 1. The Morgan fingerprint density at radius 3 is 2.97 bits per heavy atom. The zero-order valence-electron chi connectivity index (χ0n) is 16.6. The van der Waals surface area contributed by atoms with Crippen LogP contribution in [0.5, 0.6) is 0 Å². The molecule has 0 spiro atoms. The number of rotatable bonds is 8. The Kier molecular flexibility index (Phi) is 5.18. The van der Waals surface area contributed by atoms with E-state index in [1.54, 1.807) is 34.6 Å². The highest BCUT2D eigenvalue weighted by Crippen LogP contribution is 2.24. The van der Waals surface area contributed by atoms with Crippen LogP contribution in [0.25, 0.3) is 21.5 Å². The van der Waals surface area contributed by atoms with E-state index in [9.17, 15) is 4.79 Å². The molecule has 0 saturated heterocycles. The number of anilines is 2. The molecule has 1 amide bonds. The van der Waals surface area contributed by atoms with Gasteiger partial charge in [0.1, 0.15) is 6.54 Å². The predicted octanol–water partition coefficient (Wildman–Crippen LogP) is 2.13. The third-order valence-electron chi connectivity index (χ3n) is 4.94. The van der Waals surface area contributed by atoms with E-state index in [4.69, 9.17) is 5.84 Å². The molecule has 0 aliphatic heterocycles. The summed E-state index contributed by atoms with van der Waals surface area (Å²) in [5, 5.41) is 10.5. The first kappa shape index (κ1) is 19.4. The van der Waals surface area contributed by atoms with Crippen LogP contribution in [-0.4, -0.2) is 36.7 Å². The van der Waals surface area contributed by atoms with E-state index in [2.05, 4.69) is 42.2 Å². The molecule has 3 aromatic heterocycles. The molecule has 0 unspecified atom stereocenters. The molecule has 1 fully saturated rings. The first-order valence-corrected chi connectivity index (χ1v) is 10.8. The molecule has 11 heteroatoms. The van der Waals surface area contributed by atoms with Gasteiger partial charge in [-0.2, -0.15) is 5.10 Å². The number of nitrogens with two attached hydrogens (primary N) is 1. The zero-order valence-corrected chi connectivity index (χ0v) is 17.4. The van der Waals surface area contributed by atoms with Gasteiger partial charge in [0.2, 0.25) is 5.91 Å². The minimum absolute atomic E-state index is 0.0359. The summed E-state index contributed by atoms with van der Waals surface area (Å²) in [5.41, 5.74) is 7.90. The number of fused-ring (bicyclic) bond motifs is 1. The predicted molar refractivity (Wildman–Crippen MR) is 119 cm³/mol. The Hall–Kier alpha value is -3.57.